The molecule has 0 spiro atoms. The van der Waals surface area contributed by atoms with Gasteiger partial charge in [0, 0.05) is 6.92 Å². The monoisotopic (exact) mass is 337 g/mol. The molecule has 0 fully saturated rings. The van der Waals surface area contributed by atoms with E-state index in [1.807, 2.05) is 5.32 Å². The lowest BCUT2D eigenvalue weighted by Crippen LogP contribution is -2.44. The number of nitrogens with one attached hydrogen (secondary N) is 1. The SMILES string of the molecule is CC(=O)N[C@@H](CS(=O)(=O)Cc1ccc(F)c(Cl)c1)C(=O)O. The van der Waals surface area contributed by atoms with Crippen LogP contribution in [0.5, 0.6) is 0 Å². The minimum atomic E-state index is -3.83. The summed E-state index contributed by atoms with van der Waals surface area (Å²) in [5.41, 5.74) is 0.230. The van der Waals surface area contributed by atoms with Crippen LogP contribution >= 0.6 is 11.6 Å². The van der Waals surface area contributed by atoms with Crippen LogP contribution in [0.3, 0.4) is 0 Å². The van der Waals surface area contributed by atoms with E-state index in [0.29, 0.717) is 0 Å². The van der Waals surface area contributed by atoms with Crippen molar-refractivity contribution in [2.24, 2.45) is 0 Å². The van der Waals surface area contributed by atoms with Gasteiger partial charge in [-0.25, -0.2) is 17.6 Å². The third-order valence-electron chi connectivity index (χ3n) is 2.47. The fourth-order valence-corrected chi connectivity index (χ4v) is 3.36. The number of benzene rings is 1. The number of carbonyl (C=O) groups excluding carboxylic acids is 1. The van der Waals surface area contributed by atoms with E-state index in [1.165, 1.54) is 6.07 Å². The molecule has 0 radical (unpaired) electrons. The highest BCUT2D eigenvalue weighted by molar-refractivity contribution is 7.90. The van der Waals surface area contributed by atoms with Crippen LogP contribution in [0.4, 0.5) is 4.39 Å². The number of amides is 1. The van der Waals surface area contributed by atoms with Crippen molar-refractivity contribution in [1.29, 1.82) is 0 Å². The molecule has 6 nitrogen and oxygen atoms in total. The fourth-order valence-electron chi connectivity index (χ4n) is 1.62. The van der Waals surface area contributed by atoms with E-state index in [9.17, 15) is 22.4 Å². The van der Waals surface area contributed by atoms with Gasteiger partial charge >= 0.3 is 5.97 Å². The molecule has 1 amide bonds. The first-order valence-corrected chi connectivity index (χ1v) is 7.95. The number of rotatable bonds is 6. The van der Waals surface area contributed by atoms with Crippen LogP contribution in [0.1, 0.15) is 12.5 Å². The lowest BCUT2D eigenvalue weighted by Gasteiger charge is -2.13. The summed E-state index contributed by atoms with van der Waals surface area (Å²) < 4.78 is 36.9. The zero-order chi connectivity index (χ0) is 16.2. The number of hydrogen-bond acceptors (Lipinski definition) is 4. The van der Waals surface area contributed by atoms with Crippen LogP contribution < -0.4 is 5.32 Å². The second-order valence-electron chi connectivity index (χ2n) is 4.39. The van der Waals surface area contributed by atoms with Gasteiger partial charge in [0.15, 0.2) is 9.84 Å². The molecule has 0 saturated heterocycles. The highest BCUT2D eigenvalue weighted by Gasteiger charge is 2.26. The lowest BCUT2D eigenvalue weighted by atomic mass is 10.2. The van der Waals surface area contributed by atoms with Gasteiger partial charge in [-0.1, -0.05) is 17.7 Å². The van der Waals surface area contributed by atoms with Crippen LogP contribution in [0, 0.1) is 5.82 Å². The van der Waals surface area contributed by atoms with E-state index in [0.717, 1.165) is 19.1 Å². The first kappa shape index (κ1) is 17.4. The summed E-state index contributed by atoms with van der Waals surface area (Å²) in [4.78, 5) is 21.8. The van der Waals surface area contributed by atoms with E-state index in [-0.39, 0.29) is 10.6 Å². The van der Waals surface area contributed by atoms with Crippen molar-refractivity contribution in [2.45, 2.75) is 18.7 Å². The highest BCUT2D eigenvalue weighted by atomic mass is 35.5. The molecule has 0 unspecified atom stereocenters. The molecular formula is C12H13ClFNO5S. The minimum Gasteiger partial charge on any atom is -0.480 e. The number of carboxylic acid groups (broad SMARTS) is 1. The molecule has 0 aliphatic carbocycles. The highest BCUT2D eigenvalue weighted by Crippen LogP contribution is 2.18. The molecule has 1 aromatic carbocycles. The average molecular weight is 338 g/mol. The maximum Gasteiger partial charge on any atom is 0.327 e. The van der Waals surface area contributed by atoms with E-state index in [4.69, 9.17) is 16.7 Å². The van der Waals surface area contributed by atoms with Crippen molar-refractivity contribution < 1.29 is 27.5 Å². The van der Waals surface area contributed by atoms with Crippen molar-refractivity contribution in [3.8, 4) is 0 Å². The Morgan fingerprint density at radius 2 is 2.05 bits per heavy atom. The normalized spacial score (nSPS) is 12.7. The number of carboxylic acids is 1. The third-order valence-corrected chi connectivity index (χ3v) is 4.37. The van der Waals surface area contributed by atoms with Crippen molar-refractivity contribution in [3.63, 3.8) is 0 Å². The molecule has 116 valence electrons. The topological polar surface area (TPSA) is 101 Å². The predicted molar refractivity (Wildman–Crippen MR) is 74.1 cm³/mol. The smallest absolute Gasteiger partial charge is 0.327 e. The number of halogens is 2. The molecule has 1 aromatic rings. The Morgan fingerprint density at radius 1 is 1.43 bits per heavy atom. The minimum absolute atomic E-state index is 0.223. The standard InChI is InChI=1S/C12H13ClFNO5S/c1-7(16)15-11(12(17)18)6-21(19,20)5-8-2-3-10(14)9(13)4-8/h2-4,11H,5-6H2,1H3,(H,15,16)(H,17,18)/t11-/m0/s1. The molecule has 1 rings (SSSR count). The molecular weight excluding hydrogens is 325 g/mol. The molecule has 0 heterocycles. The third kappa shape index (κ3) is 5.68. The van der Waals surface area contributed by atoms with Gasteiger partial charge in [-0.2, -0.15) is 0 Å². The summed E-state index contributed by atoms with van der Waals surface area (Å²) in [6, 6.07) is 1.88. The number of hydrogen-bond donors (Lipinski definition) is 2. The van der Waals surface area contributed by atoms with E-state index < -0.39 is 45.1 Å². The van der Waals surface area contributed by atoms with Crippen LogP contribution in [-0.2, 0) is 25.2 Å². The van der Waals surface area contributed by atoms with Gasteiger partial charge in [0.1, 0.15) is 11.9 Å². The summed E-state index contributed by atoms with van der Waals surface area (Å²) in [5, 5.41) is 10.7. The Kier molecular flexibility index (Phi) is 5.68. The van der Waals surface area contributed by atoms with Crippen LogP contribution in [-0.4, -0.2) is 37.2 Å². The van der Waals surface area contributed by atoms with Crippen molar-refractivity contribution in [3.05, 3.63) is 34.6 Å². The number of aliphatic carboxylic acids is 1. The van der Waals surface area contributed by atoms with Gasteiger partial charge < -0.3 is 10.4 Å². The van der Waals surface area contributed by atoms with Gasteiger partial charge in [-0.3, -0.25) is 4.79 Å². The maximum absolute atomic E-state index is 13.0. The van der Waals surface area contributed by atoms with Gasteiger partial charge in [0.2, 0.25) is 5.91 Å². The van der Waals surface area contributed by atoms with E-state index in [1.54, 1.807) is 0 Å². The van der Waals surface area contributed by atoms with Gasteiger partial charge in [-0.05, 0) is 17.7 Å². The Hall–Kier alpha value is -1.67. The molecule has 2 N–H and O–H groups in total. The molecule has 0 aliphatic rings. The van der Waals surface area contributed by atoms with Gasteiger partial charge in [0.25, 0.3) is 0 Å². The zero-order valence-electron chi connectivity index (χ0n) is 11.0. The van der Waals surface area contributed by atoms with Crippen molar-refractivity contribution in [2.75, 3.05) is 5.75 Å². The molecule has 0 aromatic heterocycles. The lowest BCUT2D eigenvalue weighted by molar-refractivity contribution is -0.140. The summed E-state index contributed by atoms with van der Waals surface area (Å²) in [7, 11) is -3.83. The second-order valence-corrected chi connectivity index (χ2v) is 6.91. The Bertz CT molecular complexity index is 662. The first-order valence-electron chi connectivity index (χ1n) is 5.75. The van der Waals surface area contributed by atoms with Crippen molar-refractivity contribution >= 4 is 33.3 Å². The average Bonchev–Trinajstić information content (AvgIpc) is 2.31. The fraction of sp³-hybridized carbons (Fsp3) is 0.333. The molecule has 0 aliphatic heterocycles. The molecule has 21 heavy (non-hydrogen) atoms. The molecule has 9 heteroatoms. The zero-order valence-corrected chi connectivity index (χ0v) is 12.5. The predicted octanol–water partition coefficient (Wildman–Crippen LogP) is 0.983. The summed E-state index contributed by atoms with van der Waals surface area (Å²) in [6.45, 7) is 1.09. The van der Waals surface area contributed by atoms with Crippen LogP contribution in [0.2, 0.25) is 5.02 Å². The Morgan fingerprint density at radius 3 is 2.52 bits per heavy atom. The summed E-state index contributed by atoms with van der Waals surface area (Å²) >= 11 is 5.55. The first-order chi connectivity index (χ1) is 9.60. The number of carbonyl (C=O) groups is 2. The second kappa shape index (κ2) is 6.86. The Labute approximate surface area is 125 Å². The molecule has 1 atom stereocenters. The van der Waals surface area contributed by atoms with E-state index >= 15 is 0 Å². The summed E-state index contributed by atoms with van der Waals surface area (Å²) in [5.74, 6) is -4.05. The number of sulfone groups is 1. The molecule has 0 saturated carbocycles. The Balaban J connectivity index is 2.87. The van der Waals surface area contributed by atoms with Gasteiger partial charge in [-0.15, -0.1) is 0 Å². The maximum atomic E-state index is 13.0. The van der Waals surface area contributed by atoms with E-state index in [2.05, 4.69) is 0 Å². The van der Waals surface area contributed by atoms with Crippen LogP contribution in [0.25, 0.3) is 0 Å². The largest absolute Gasteiger partial charge is 0.480 e. The van der Waals surface area contributed by atoms with Crippen LogP contribution in [0.15, 0.2) is 18.2 Å². The summed E-state index contributed by atoms with van der Waals surface area (Å²) in [6.07, 6.45) is 0. The van der Waals surface area contributed by atoms with Crippen molar-refractivity contribution in [1.82, 2.24) is 5.32 Å². The quantitative estimate of drug-likeness (QED) is 0.806. The van der Waals surface area contributed by atoms with Gasteiger partial charge in [0.05, 0.1) is 16.5 Å². The molecule has 0 bridgehead atoms.